The van der Waals surface area contributed by atoms with Gasteiger partial charge in [0.25, 0.3) is 0 Å². The van der Waals surface area contributed by atoms with Gasteiger partial charge in [-0.25, -0.2) is 9.97 Å². The second-order valence-electron chi connectivity index (χ2n) is 2.89. The van der Waals surface area contributed by atoms with Gasteiger partial charge in [0.05, 0.1) is 0 Å². The Kier molecular flexibility index (Phi) is 2.91. The van der Waals surface area contributed by atoms with Crippen molar-refractivity contribution in [1.29, 1.82) is 0 Å². The minimum atomic E-state index is -0.714. The summed E-state index contributed by atoms with van der Waals surface area (Å²) < 4.78 is 12.7. The van der Waals surface area contributed by atoms with Crippen molar-refractivity contribution < 1.29 is 4.39 Å². The summed E-state index contributed by atoms with van der Waals surface area (Å²) in [5.74, 6) is 0. The zero-order chi connectivity index (χ0) is 10.7. The van der Waals surface area contributed by atoms with E-state index in [2.05, 4.69) is 15.0 Å². The highest BCUT2D eigenvalue weighted by molar-refractivity contribution is 7.99. The molecule has 0 unspecified atom stereocenters. The zero-order valence-electron chi connectivity index (χ0n) is 8.01. The van der Waals surface area contributed by atoms with Crippen LogP contribution in [0, 0.1) is 13.0 Å². The van der Waals surface area contributed by atoms with Crippen molar-refractivity contribution in [1.82, 2.24) is 15.0 Å². The van der Waals surface area contributed by atoms with Gasteiger partial charge in [0, 0.05) is 12.4 Å². The molecule has 0 amide bonds. The number of halogens is 1. The monoisotopic (exact) mass is 221 g/mol. The summed E-state index contributed by atoms with van der Waals surface area (Å²) in [6.45, 7) is 1.95. The molecule has 0 N–H and O–H groups in total. The van der Waals surface area contributed by atoms with Crippen LogP contribution in [0.5, 0.6) is 0 Å². The first-order valence-electron chi connectivity index (χ1n) is 4.34. The van der Waals surface area contributed by atoms with Crippen molar-refractivity contribution in [3.05, 3.63) is 42.2 Å². The molecule has 0 aliphatic rings. The third-order valence-corrected chi connectivity index (χ3v) is 2.82. The zero-order valence-corrected chi connectivity index (χ0v) is 8.83. The predicted molar refractivity (Wildman–Crippen MR) is 55.1 cm³/mol. The summed E-state index contributed by atoms with van der Waals surface area (Å²) >= 11 is 1.33. The first-order chi connectivity index (χ1) is 7.25. The van der Waals surface area contributed by atoms with Gasteiger partial charge in [0.2, 0.25) is 0 Å². The van der Waals surface area contributed by atoms with Crippen molar-refractivity contribution in [2.24, 2.45) is 0 Å². The van der Waals surface area contributed by atoms with Crippen molar-refractivity contribution >= 4 is 11.8 Å². The van der Waals surface area contributed by atoms with Crippen LogP contribution in [0.25, 0.3) is 0 Å². The maximum Gasteiger partial charge on any atom is 0.309 e. The molecule has 0 spiro atoms. The Morgan fingerprint density at radius 3 is 2.80 bits per heavy atom. The van der Waals surface area contributed by atoms with Crippen LogP contribution < -0.4 is 0 Å². The Bertz CT molecular complexity index is 476. The van der Waals surface area contributed by atoms with Gasteiger partial charge in [-0.15, -0.1) is 0 Å². The van der Waals surface area contributed by atoms with E-state index in [-0.39, 0.29) is 0 Å². The van der Waals surface area contributed by atoms with Gasteiger partial charge in [-0.2, -0.15) is 9.37 Å². The van der Waals surface area contributed by atoms with Crippen molar-refractivity contribution in [3.8, 4) is 0 Å². The molecule has 0 fully saturated rings. The quantitative estimate of drug-likeness (QED) is 0.577. The molecule has 0 saturated carbocycles. The second-order valence-corrected chi connectivity index (χ2v) is 3.90. The Labute approximate surface area is 90.8 Å². The summed E-state index contributed by atoms with van der Waals surface area (Å²) in [4.78, 5) is 11.2. The van der Waals surface area contributed by atoms with E-state index in [9.17, 15) is 4.39 Å². The summed E-state index contributed by atoms with van der Waals surface area (Å²) in [6.07, 6.45) is 2.38. The van der Waals surface area contributed by atoms with E-state index < -0.39 is 6.08 Å². The molecule has 2 aromatic rings. The first-order valence-corrected chi connectivity index (χ1v) is 5.15. The Morgan fingerprint density at radius 1 is 1.20 bits per heavy atom. The van der Waals surface area contributed by atoms with Gasteiger partial charge in [-0.3, -0.25) is 0 Å². The van der Waals surface area contributed by atoms with Crippen LogP contribution in [0.2, 0.25) is 0 Å². The number of hydrogen-bond acceptors (Lipinski definition) is 4. The molecular weight excluding hydrogens is 213 g/mol. The number of aromatic nitrogens is 3. The molecule has 0 atom stereocenters. The summed E-state index contributed by atoms with van der Waals surface area (Å²) in [5, 5.41) is 1.39. The van der Waals surface area contributed by atoms with Crippen LogP contribution in [-0.2, 0) is 0 Å². The van der Waals surface area contributed by atoms with Crippen LogP contribution in [0.3, 0.4) is 0 Å². The van der Waals surface area contributed by atoms with E-state index in [1.54, 1.807) is 12.3 Å². The van der Waals surface area contributed by atoms with Gasteiger partial charge in [-0.1, -0.05) is 6.07 Å². The number of hydrogen-bond donors (Lipinski definition) is 0. The lowest BCUT2D eigenvalue weighted by molar-refractivity contribution is 0.527. The highest BCUT2D eigenvalue weighted by Crippen LogP contribution is 2.25. The third kappa shape index (κ3) is 2.50. The smallest absolute Gasteiger partial charge is 0.249 e. The van der Waals surface area contributed by atoms with Crippen LogP contribution in [0.15, 0.2) is 40.6 Å². The average molecular weight is 221 g/mol. The molecule has 0 aromatic carbocycles. The van der Waals surface area contributed by atoms with E-state index >= 15 is 0 Å². The normalized spacial score (nSPS) is 10.3. The van der Waals surface area contributed by atoms with E-state index in [0.717, 1.165) is 10.6 Å². The van der Waals surface area contributed by atoms with Crippen molar-refractivity contribution in [2.45, 2.75) is 17.0 Å². The molecule has 15 heavy (non-hydrogen) atoms. The van der Waals surface area contributed by atoms with Crippen LogP contribution >= 0.6 is 11.8 Å². The largest absolute Gasteiger partial charge is 0.309 e. The maximum absolute atomic E-state index is 12.7. The highest BCUT2D eigenvalue weighted by atomic mass is 32.2. The number of pyridine rings is 1. The van der Waals surface area contributed by atoms with E-state index in [1.807, 2.05) is 19.1 Å². The standard InChI is InChI=1S/C10H8FN3S/c1-7-3-2-5-12-9(7)15-8-4-6-13-10(11)14-8/h2-6H,1H3. The summed E-state index contributed by atoms with van der Waals surface area (Å²) in [5.41, 5.74) is 1.04. The minimum Gasteiger partial charge on any atom is -0.249 e. The number of rotatable bonds is 2. The lowest BCUT2D eigenvalue weighted by Gasteiger charge is -2.02. The van der Waals surface area contributed by atoms with E-state index in [1.165, 1.54) is 18.0 Å². The Balaban J connectivity index is 2.26. The molecule has 0 aliphatic heterocycles. The van der Waals surface area contributed by atoms with Crippen LogP contribution in [-0.4, -0.2) is 15.0 Å². The summed E-state index contributed by atoms with van der Waals surface area (Å²) in [7, 11) is 0. The number of nitrogens with zero attached hydrogens (tertiary/aromatic N) is 3. The minimum absolute atomic E-state index is 0.560. The molecule has 0 aliphatic carbocycles. The second kappa shape index (κ2) is 4.35. The Hall–Kier alpha value is -1.49. The van der Waals surface area contributed by atoms with Crippen molar-refractivity contribution in [3.63, 3.8) is 0 Å². The predicted octanol–water partition coefficient (Wildman–Crippen LogP) is 2.47. The van der Waals surface area contributed by atoms with E-state index in [0.29, 0.717) is 5.03 Å². The molecule has 0 saturated heterocycles. The summed E-state index contributed by atoms with van der Waals surface area (Å²) in [6, 6.07) is 5.47. The molecule has 0 bridgehead atoms. The van der Waals surface area contributed by atoms with Gasteiger partial charge < -0.3 is 0 Å². The molecule has 2 rings (SSSR count). The first kappa shape index (κ1) is 10.0. The fraction of sp³-hybridized carbons (Fsp3) is 0.100. The molecule has 3 nitrogen and oxygen atoms in total. The van der Waals surface area contributed by atoms with Gasteiger partial charge >= 0.3 is 6.08 Å². The van der Waals surface area contributed by atoms with Gasteiger partial charge in [0.1, 0.15) is 10.1 Å². The molecule has 76 valence electrons. The lowest BCUT2D eigenvalue weighted by atomic mass is 10.3. The molecule has 5 heteroatoms. The fourth-order valence-corrected chi connectivity index (χ4v) is 1.84. The fourth-order valence-electron chi connectivity index (χ4n) is 1.05. The molecule has 0 radical (unpaired) electrons. The van der Waals surface area contributed by atoms with Crippen molar-refractivity contribution in [2.75, 3.05) is 0 Å². The van der Waals surface area contributed by atoms with E-state index in [4.69, 9.17) is 0 Å². The van der Waals surface area contributed by atoms with Crippen LogP contribution in [0.4, 0.5) is 4.39 Å². The highest BCUT2D eigenvalue weighted by Gasteiger charge is 2.04. The molecule has 2 heterocycles. The average Bonchev–Trinajstić information content (AvgIpc) is 2.22. The molecule has 2 aromatic heterocycles. The van der Waals surface area contributed by atoms with Gasteiger partial charge in [0.15, 0.2) is 0 Å². The SMILES string of the molecule is Cc1cccnc1Sc1ccnc(F)n1. The van der Waals surface area contributed by atoms with Crippen LogP contribution in [0.1, 0.15) is 5.56 Å². The van der Waals surface area contributed by atoms with Gasteiger partial charge in [-0.05, 0) is 36.4 Å². The maximum atomic E-state index is 12.7. The molecular formula is C10H8FN3S. The Morgan fingerprint density at radius 2 is 2.07 bits per heavy atom. The third-order valence-electron chi connectivity index (χ3n) is 1.76. The number of aryl methyl sites for hydroxylation is 1. The topological polar surface area (TPSA) is 38.7 Å². The lowest BCUT2D eigenvalue weighted by Crippen LogP contribution is -1.90.